The number of nitrogens with zero attached hydrogens (tertiary/aromatic N) is 1. The van der Waals surface area contributed by atoms with E-state index in [2.05, 4.69) is 15.3 Å². The Bertz CT molecular complexity index is 1070. The molecular formula is C19H16FN3OS. The number of aromatic amines is 1. The topological polar surface area (TPSA) is 57.8 Å². The molecule has 0 saturated carbocycles. The Hall–Kier alpha value is -2.73. The van der Waals surface area contributed by atoms with Crippen LogP contribution in [0.4, 0.5) is 4.39 Å². The molecule has 4 rings (SSSR count). The predicted octanol–water partition coefficient (Wildman–Crippen LogP) is 4.72. The fourth-order valence-corrected chi connectivity index (χ4v) is 4.10. The van der Waals surface area contributed by atoms with Gasteiger partial charge in [0.2, 0.25) is 0 Å². The number of benzene rings is 2. The van der Waals surface area contributed by atoms with E-state index < -0.39 is 0 Å². The maximum absolute atomic E-state index is 14.0. The van der Waals surface area contributed by atoms with Crippen LogP contribution >= 0.6 is 11.3 Å². The summed E-state index contributed by atoms with van der Waals surface area (Å²) in [5, 5.41) is 3.47. The SMILES string of the molecule is Cc1c(C(=O)NC(C)c2nc3ccccc3[nH]2)sc2cccc(F)c12. The van der Waals surface area contributed by atoms with Crippen molar-refractivity contribution >= 4 is 38.4 Å². The summed E-state index contributed by atoms with van der Waals surface area (Å²) >= 11 is 1.31. The number of hydrogen-bond acceptors (Lipinski definition) is 3. The summed E-state index contributed by atoms with van der Waals surface area (Å²) in [6, 6.07) is 12.3. The van der Waals surface area contributed by atoms with Gasteiger partial charge in [-0.1, -0.05) is 18.2 Å². The van der Waals surface area contributed by atoms with Crippen molar-refractivity contribution in [2.45, 2.75) is 19.9 Å². The van der Waals surface area contributed by atoms with Crippen molar-refractivity contribution in [3.63, 3.8) is 0 Å². The highest BCUT2D eigenvalue weighted by Crippen LogP contribution is 2.32. The van der Waals surface area contributed by atoms with Gasteiger partial charge in [0.25, 0.3) is 5.91 Å². The third kappa shape index (κ3) is 2.68. The number of aryl methyl sites for hydroxylation is 1. The van der Waals surface area contributed by atoms with Crippen LogP contribution in [-0.2, 0) is 0 Å². The van der Waals surface area contributed by atoms with E-state index in [1.54, 1.807) is 13.0 Å². The van der Waals surface area contributed by atoms with Gasteiger partial charge in [0.15, 0.2) is 0 Å². The summed E-state index contributed by atoms with van der Waals surface area (Å²) in [5.41, 5.74) is 2.46. The van der Waals surface area contributed by atoms with Gasteiger partial charge in [0, 0.05) is 10.1 Å². The van der Waals surface area contributed by atoms with Gasteiger partial charge in [-0.15, -0.1) is 11.3 Å². The molecule has 2 N–H and O–H groups in total. The van der Waals surface area contributed by atoms with E-state index in [-0.39, 0.29) is 17.8 Å². The van der Waals surface area contributed by atoms with Crippen LogP contribution in [-0.4, -0.2) is 15.9 Å². The number of amides is 1. The highest BCUT2D eigenvalue weighted by atomic mass is 32.1. The first-order valence-electron chi connectivity index (χ1n) is 7.97. The van der Waals surface area contributed by atoms with Gasteiger partial charge in [-0.2, -0.15) is 0 Å². The van der Waals surface area contributed by atoms with Crippen molar-refractivity contribution in [2.24, 2.45) is 0 Å². The number of carbonyl (C=O) groups excluding carboxylic acids is 1. The van der Waals surface area contributed by atoms with Crippen molar-refractivity contribution in [1.29, 1.82) is 0 Å². The quantitative estimate of drug-likeness (QED) is 0.560. The van der Waals surface area contributed by atoms with Crippen molar-refractivity contribution < 1.29 is 9.18 Å². The second kappa shape index (κ2) is 5.97. The number of hydrogen-bond donors (Lipinski definition) is 2. The number of nitrogens with one attached hydrogen (secondary N) is 2. The van der Waals surface area contributed by atoms with Crippen LogP contribution in [0.2, 0.25) is 0 Å². The Kier molecular flexibility index (Phi) is 3.77. The molecular weight excluding hydrogens is 337 g/mol. The van der Waals surface area contributed by atoms with E-state index in [0.717, 1.165) is 15.7 Å². The highest BCUT2D eigenvalue weighted by Gasteiger charge is 2.20. The van der Waals surface area contributed by atoms with Gasteiger partial charge in [-0.25, -0.2) is 9.37 Å². The van der Waals surface area contributed by atoms with Crippen molar-refractivity contribution in [3.05, 3.63) is 64.5 Å². The molecule has 0 saturated heterocycles. The molecule has 0 aliphatic rings. The average molecular weight is 353 g/mol. The molecule has 0 aliphatic carbocycles. The second-order valence-corrected chi connectivity index (χ2v) is 7.06. The summed E-state index contributed by atoms with van der Waals surface area (Å²) < 4.78 is 14.8. The molecule has 4 nitrogen and oxygen atoms in total. The number of aromatic nitrogens is 2. The fraction of sp³-hybridized carbons (Fsp3) is 0.158. The van der Waals surface area contributed by atoms with E-state index >= 15 is 0 Å². The molecule has 1 unspecified atom stereocenters. The highest BCUT2D eigenvalue weighted by molar-refractivity contribution is 7.21. The van der Waals surface area contributed by atoms with E-state index in [1.807, 2.05) is 37.3 Å². The minimum Gasteiger partial charge on any atom is -0.342 e. The summed E-state index contributed by atoms with van der Waals surface area (Å²) in [4.78, 5) is 20.9. The molecule has 0 aliphatic heterocycles. The number of para-hydroxylation sites is 2. The minimum absolute atomic E-state index is 0.217. The third-order valence-electron chi connectivity index (χ3n) is 4.27. The molecule has 25 heavy (non-hydrogen) atoms. The Balaban J connectivity index is 1.63. The molecule has 126 valence electrons. The van der Waals surface area contributed by atoms with Crippen LogP contribution in [0, 0.1) is 12.7 Å². The number of thiophene rings is 1. The second-order valence-electron chi connectivity index (χ2n) is 6.00. The lowest BCUT2D eigenvalue weighted by molar-refractivity contribution is 0.0942. The zero-order valence-corrected chi connectivity index (χ0v) is 14.6. The van der Waals surface area contributed by atoms with Crippen LogP contribution in [0.15, 0.2) is 42.5 Å². The molecule has 0 bridgehead atoms. The standard InChI is InChI=1S/C19H16FN3OS/c1-10-16-12(20)6-5-9-15(16)25-17(10)19(24)21-11(2)18-22-13-7-3-4-8-14(13)23-18/h3-9,11H,1-2H3,(H,21,24)(H,22,23). The summed E-state index contributed by atoms with van der Waals surface area (Å²) in [6.45, 7) is 3.65. The average Bonchev–Trinajstić information content (AvgIpc) is 3.17. The van der Waals surface area contributed by atoms with Gasteiger partial charge in [-0.05, 0) is 43.7 Å². The first kappa shape index (κ1) is 15.8. The maximum atomic E-state index is 14.0. The molecule has 1 amide bonds. The molecule has 0 radical (unpaired) electrons. The molecule has 2 heterocycles. The lowest BCUT2D eigenvalue weighted by Gasteiger charge is -2.11. The third-order valence-corrected chi connectivity index (χ3v) is 5.53. The summed E-state index contributed by atoms with van der Waals surface area (Å²) in [7, 11) is 0. The number of carbonyl (C=O) groups is 1. The van der Waals surface area contributed by atoms with Crippen LogP contribution in [0.1, 0.15) is 34.0 Å². The van der Waals surface area contributed by atoms with Crippen molar-refractivity contribution in [1.82, 2.24) is 15.3 Å². The molecule has 2 aromatic carbocycles. The number of imidazole rings is 1. The summed E-state index contributed by atoms with van der Waals surface area (Å²) in [6.07, 6.45) is 0. The number of fused-ring (bicyclic) bond motifs is 2. The maximum Gasteiger partial charge on any atom is 0.262 e. The van der Waals surface area contributed by atoms with Crippen molar-refractivity contribution in [3.8, 4) is 0 Å². The molecule has 0 spiro atoms. The van der Waals surface area contributed by atoms with Crippen LogP contribution in [0.5, 0.6) is 0 Å². The minimum atomic E-state index is -0.296. The molecule has 2 aromatic heterocycles. The lowest BCUT2D eigenvalue weighted by Crippen LogP contribution is -2.27. The van der Waals surface area contributed by atoms with Gasteiger partial charge in [0.05, 0.1) is 22.0 Å². The molecule has 4 aromatic rings. The van der Waals surface area contributed by atoms with Gasteiger partial charge >= 0.3 is 0 Å². The zero-order chi connectivity index (χ0) is 17.6. The molecule has 1 atom stereocenters. The van der Waals surface area contributed by atoms with Gasteiger partial charge in [-0.3, -0.25) is 4.79 Å². The Morgan fingerprint density at radius 2 is 2.04 bits per heavy atom. The van der Waals surface area contributed by atoms with Crippen LogP contribution < -0.4 is 5.32 Å². The van der Waals surface area contributed by atoms with Gasteiger partial charge in [0.1, 0.15) is 11.6 Å². The first-order chi connectivity index (χ1) is 12.0. The normalized spacial score (nSPS) is 12.6. The molecule has 0 fully saturated rings. The van der Waals surface area contributed by atoms with E-state index in [4.69, 9.17) is 0 Å². The van der Waals surface area contributed by atoms with E-state index in [1.165, 1.54) is 17.4 Å². The zero-order valence-electron chi connectivity index (χ0n) is 13.8. The number of H-pyrrole nitrogens is 1. The van der Waals surface area contributed by atoms with E-state index in [0.29, 0.717) is 21.7 Å². The largest absolute Gasteiger partial charge is 0.342 e. The Labute approximate surface area is 147 Å². The van der Waals surface area contributed by atoms with Crippen molar-refractivity contribution in [2.75, 3.05) is 0 Å². The lowest BCUT2D eigenvalue weighted by atomic mass is 10.1. The van der Waals surface area contributed by atoms with Crippen LogP contribution in [0.3, 0.4) is 0 Å². The summed E-state index contributed by atoms with van der Waals surface area (Å²) in [5.74, 6) is 0.182. The molecule has 6 heteroatoms. The van der Waals surface area contributed by atoms with Gasteiger partial charge < -0.3 is 10.3 Å². The number of halogens is 1. The first-order valence-corrected chi connectivity index (χ1v) is 8.79. The van der Waals surface area contributed by atoms with E-state index in [9.17, 15) is 9.18 Å². The monoisotopic (exact) mass is 353 g/mol. The smallest absolute Gasteiger partial charge is 0.262 e. The van der Waals surface area contributed by atoms with Crippen LogP contribution in [0.25, 0.3) is 21.1 Å². The predicted molar refractivity (Wildman–Crippen MR) is 98.5 cm³/mol. The Morgan fingerprint density at radius 1 is 1.24 bits per heavy atom. The number of rotatable bonds is 3. The Morgan fingerprint density at radius 3 is 2.80 bits per heavy atom. The fourth-order valence-electron chi connectivity index (χ4n) is 2.98.